The van der Waals surface area contributed by atoms with Crippen LogP contribution >= 0.6 is 0 Å². The van der Waals surface area contributed by atoms with Gasteiger partial charge >= 0.3 is 0 Å². The van der Waals surface area contributed by atoms with Crippen LogP contribution in [0.5, 0.6) is 0 Å². The molecule has 19 heavy (non-hydrogen) atoms. The molecule has 0 saturated heterocycles. The van der Waals surface area contributed by atoms with Crippen LogP contribution in [0.3, 0.4) is 0 Å². The van der Waals surface area contributed by atoms with Crippen molar-refractivity contribution in [1.29, 1.82) is 0 Å². The van der Waals surface area contributed by atoms with Crippen molar-refractivity contribution >= 4 is 10.0 Å². The van der Waals surface area contributed by atoms with Crippen LogP contribution in [-0.2, 0) is 10.0 Å². The van der Waals surface area contributed by atoms with Crippen molar-refractivity contribution < 1.29 is 12.8 Å². The van der Waals surface area contributed by atoms with Gasteiger partial charge in [-0.2, -0.15) is 0 Å². The lowest BCUT2D eigenvalue weighted by Gasteiger charge is -2.10. The molecule has 2 N–H and O–H groups in total. The van der Waals surface area contributed by atoms with Crippen LogP contribution in [0.1, 0.15) is 25.8 Å². The smallest absolute Gasteiger partial charge is 0.240 e. The molecule has 0 saturated carbocycles. The number of sulfonamides is 1. The average molecular weight is 288 g/mol. The average Bonchev–Trinajstić information content (AvgIpc) is 2.31. The van der Waals surface area contributed by atoms with Gasteiger partial charge in [-0.1, -0.05) is 19.9 Å². The van der Waals surface area contributed by atoms with Gasteiger partial charge in [0.05, 0.1) is 4.90 Å². The van der Waals surface area contributed by atoms with Crippen LogP contribution in [0.15, 0.2) is 23.1 Å². The maximum atomic E-state index is 13.1. The van der Waals surface area contributed by atoms with E-state index in [0.717, 1.165) is 12.6 Å². The Hall–Kier alpha value is -0.980. The Morgan fingerprint density at radius 3 is 2.58 bits per heavy atom. The van der Waals surface area contributed by atoms with Crippen LogP contribution in [0.4, 0.5) is 4.39 Å². The molecule has 0 radical (unpaired) electrons. The Kier molecular flexibility index (Phi) is 5.90. The predicted octanol–water partition coefficient (Wildman–Crippen LogP) is 1.80. The lowest BCUT2D eigenvalue weighted by molar-refractivity contribution is 0.553. The van der Waals surface area contributed by atoms with Gasteiger partial charge < -0.3 is 5.32 Å². The predicted molar refractivity (Wildman–Crippen MR) is 74.1 cm³/mol. The first-order chi connectivity index (χ1) is 8.83. The van der Waals surface area contributed by atoms with E-state index in [0.29, 0.717) is 24.6 Å². The second-order valence-corrected chi connectivity index (χ2v) is 6.51. The zero-order valence-electron chi connectivity index (χ0n) is 11.5. The molecule has 4 nitrogen and oxygen atoms in total. The van der Waals surface area contributed by atoms with Crippen LogP contribution in [-0.4, -0.2) is 27.5 Å². The van der Waals surface area contributed by atoms with Gasteiger partial charge in [0.1, 0.15) is 5.82 Å². The van der Waals surface area contributed by atoms with E-state index in [9.17, 15) is 12.8 Å². The highest BCUT2D eigenvalue weighted by atomic mass is 32.2. The molecule has 0 aromatic heterocycles. The van der Waals surface area contributed by atoms with Gasteiger partial charge in [-0.25, -0.2) is 17.5 Å². The largest absolute Gasteiger partial charge is 0.314 e. The van der Waals surface area contributed by atoms with E-state index in [1.54, 1.807) is 6.92 Å². The number of benzene rings is 1. The first kappa shape index (κ1) is 16.1. The molecule has 0 aliphatic rings. The highest BCUT2D eigenvalue weighted by Gasteiger charge is 2.16. The van der Waals surface area contributed by atoms with Crippen molar-refractivity contribution in [2.24, 2.45) is 0 Å². The Bertz CT molecular complexity index is 515. The van der Waals surface area contributed by atoms with E-state index in [2.05, 4.69) is 10.0 Å². The first-order valence-corrected chi connectivity index (χ1v) is 7.80. The quantitative estimate of drug-likeness (QED) is 0.752. The molecule has 108 valence electrons. The molecule has 1 rings (SSSR count). The molecule has 0 aliphatic heterocycles. The van der Waals surface area contributed by atoms with Crippen molar-refractivity contribution in [1.82, 2.24) is 10.0 Å². The van der Waals surface area contributed by atoms with E-state index in [1.807, 2.05) is 13.8 Å². The van der Waals surface area contributed by atoms with Gasteiger partial charge in [0.15, 0.2) is 0 Å². The molecule has 0 aliphatic carbocycles. The Balaban J connectivity index is 2.59. The van der Waals surface area contributed by atoms with Gasteiger partial charge in [-0.15, -0.1) is 0 Å². The number of hydrogen-bond donors (Lipinski definition) is 2. The number of rotatable bonds is 7. The van der Waals surface area contributed by atoms with E-state index < -0.39 is 15.8 Å². The fourth-order valence-corrected chi connectivity index (χ4v) is 2.96. The van der Waals surface area contributed by atoms with Crippen molar-refractivity contribution in [2.75, 3.05) is 13.1 Å². The molecular weight excluding hydrogens is 267 g/mol. The summed E-state index contributed by atoms with van der Waals surface area (Å²) < 4.78 is 39.6. The summed E-state index contributed by atoms with van der Waals surface area (Å²) in [5.41, 5.74) is 0.536. The minimum absolute atomic E-state index is 0.00400. The lowest BCUT2D eigenvalue weighted by Crippen LogP contribution is -2.30. The minimum atomic E-state index is -3.63. The monoisotopic (exact) mass is 288 g/mol. The van der Waals surface area contributed by atoms with Crippen molar-refractivity contribution in [3.8, 4) is 0 Å². The normalized spacial score (nSPS) is 12.1. The zero-order chi connectivity index (χ0) is 14.5. The first-order valence-electron chi connectivity index (χ1n) is 6.32. The molecule has 0 unspecified atom stereocenters. The molecule has 0 spiro atoms. The standard InChI is InChI=1S/C13H21FN2O2S/c1-10(2)15-7-4-8-16-19(17,18)13-9-12(14)6-5-11(13)3/h5-6,9-10,15-16H,4,7-8H2,1-3H3. The fraction of sp³-hybridized carbons (Fsp3) is 0.538. The highest BCUT2D eigenvalue weighted by molar-refractivity contribution is 7.89. The topological polar surface area (TPSA) is 58.2 Å². The van der Waals surface area contributed by atoms with Crippen LogP contribution < -0.4 is 10.0 Å². The van der Waals surface area contributed by atoms with Gasteiger partial charge in [0.2, 0.25) is 10.0 Å². The third kappa shape index (κ3) is 5.26. The van der Waals surface area contributed by atoms with Crippen molar-refractivity contribution in [3.63, 3.8) is 0 Å². The van der Waals surface area contributed by atoms with Crippen molar-refractivity contribution in [2.45, 2.75) is 38.1 Å². The SMILES string of the molecule is Cc1ccc(F)cc1S(=O)(=O)NCCCNC(C)C. The van der Waals surface area contributed by atoms with E-state index in [-0.39, 0.29) is 4.90 Å². The third-order valence-electron chi connectivity index (χ3n) is 2.64. The highest BCUT2D eigenvalue weighted by Crippen LogP contribution is 2.15. The fourth-order valence-electron chi connectivity index (χ4n) is 1.63. The summed E-state index contributed by atoms with van der Waals surface area (Å²) in [4.78, 5) is 0.00400. The number of halogens is 1. The second-order valence-electron chi connectivity index (χ2n) is 4.77. The Morgan fingerprint density at radius 2 is 1.95 bits per heavy atom. The summed E-state index contributed by atoms with van der Waals surface area (Å²) in [6.07, 6.45) is 0.686. The molecule has 1 aromatic carbocycles. The van der Waals surface area contributed by atoms with E-state index in [1.165, 1.54) is 12.1 Å². The van der Waals surface area contributed by atoms with Gasteiger partial charge in [0.25, 0.3) is 0 Å². The summed E-state index contributed by atoms with van der Waals surface area (Å²) in [7, 11) is -3.63. The summed E-state index contributed by atoms with van der Waals surface area (Å²) in [6, 6.07) is 4.14. The molecule has 0 fully saturated rings. The minimum Gasteiger partial charge on any atom is -0.314 e. The van der Waals surface area contributed by atoms with Gasteiger partial charge in [0, 0.05) is 12.6 Å². The summed E-state index contributed by atoms with van der Waals surface area (Å²) >= 11 is 0. The maximum absolute atomic E-state index is 13.1. The zero-order valence-corrected chi connectivity index (χ0v) is 12.3. The number of aryl methyl sites for hydroxylation is 1. The molecule has 1 aromatic rings. The second kappa shape index (κ2) is 6.98. The molecule has 0 heterocycles. The summed E-state index contributed by atoms with van der Waals surface area (Å²) in [5.74, 6) is -0.549. The molecular formula is C13H21FN2O2S. The van der Waals surface area contributed by atoms with E-state index in [4.69, 9.17) is 0 Å². The third-order valence-corrected chi connectivity index (χ3v) is 4.24. The maximum Gasteiger partial charge on any atom is 0.240 e. The lowest BCUT2D eigenvalue weighted by atomic mass is 10.2. The van der Waals surface area contributed by atoms with E-state index >= 15 is 0 Å². The number of hydrogen-bond acceptors (Lipinski definition) is 3. The van der Waals surface area contributed by atoms with Gasteiger partial charge in [-0.3, -0.25) is 0 Å². The molecule has 6 heteroatoms. The Labute approximate surface area is 114 Å². The molecule has 0 amide bonds. The van der Waals surface area contributed by atoms with Crippen LogP contribution in [0, 0.1) is 12.7 Å². The molecule has 0 atom stereocenters. The van der Waals surface area contributed by atoms with Crippen molar-refractivity contribution in [3.05, 3.63) is 29.6 Å². The summed E-state index contributed by atoms with van der Waals surface area (Å²) in [6.45, 7) is 6.77. The Morgan fingerprint density at radius 1 is 1.26 bits per heavy atom. The van der Waals surface area contributed by atoms with Crippen LogP contribution in [0.2, 0.25) is 0 Å². The van der Waals surface area contributed by atoms with Gasteiger partial charge in [-0.05, 0) is 37.6 Å². The molecule has 0 bridgehead atoms. The summed E-state index contributed by atoms with van der Waals surface area (Å²) in [5, 5.41) is 3.20. The van der Waals surface area contributed by atoms with Crippen LogP contribution in [0.25, 0.3) is 0 Å². The number of nitrogens with one attached hydrogen (secondary N) is 2.